The van der Waals surface area contributed by atoms with Crippen LogP contribution in [-0.4, -0.2) is 55.7 Å². The van der Waals surface area contributed by atoms with Crippen LogP contribution in [0.1, 0.15) is 59.8 Å². The van der Waals surface area contributed by atoms with Crippen molar-refractivity contribution in [2.45, 2.75) is 72.0 Å². The van der Waals surface area contributed by atoms with E-state index in [1.165, 1.54) is 6.92 Å². The van der Waals surface area contributed by atoms with Crippen molar-refractivity contribution in [1.82, 2.24) is 5.32 Å². The number of aliphatic hydroxyl groups excluding tert-OH is 1. The summed E-state index contributed by atoms with van der Waals surface area (Å²) < 4.78 is 10.8. The molecule has 0 spiro atoms. The molecule has 0 heterocycles. The Morgan fingerprint density at radius 3 is 2.62 bits per heavy atom. The summed E-state index contributed by atoms with van der Waals surface area (Å²) in [5, 5.41) is 14.2. The average molecular weight is 450 g/mol. The fraction of sp³-hybridized carbons (Fsp3) is 0.800. The fourth-order valence-corrected chi connectivity index (χ4v) is 7.13. The summed E-state index contributed by atoms with van der Waals surface area (Å²) in [5.41, 5.74) is 0.0817. The molecule has 7 heteroatoms. The number of esters is 2. The number of hydrogen-bond donors (Lipinski definition) is 2. The van der Waals surface area contributed by atoms with Gasteiger partial charge in [0, 0.05) is 19.5 Å². The van der Waals surface area contributed by atoms with Gasteiger partial charge in [-0.05, 0) is 75.2 Å². The fourth-order valence-electron chi connectivity index (χ4n) is 7.13. The Morgan fingerprint density at radius 2 is 2.00 bits per heavy atom. The average Bonchev–Trinajstić information content (AvgIpc) is 2.74. The van der Waals surface area contributed by atoms with E-state index in [0.717, 1.165) is 31.1 Å². The zero-order valence-corrected chi connectivity index (χ0v) is 20.1. The van der Waals surface area contributed by atoms with Gasteiger partial charge in [0.15, 0.2) is 0 Å². The molecule has 0 saturated heterocycles. The van der Waals surface area contributed by atoms with Gasteiger partial charge >= 0.3 is 11.9 Å². The lowest BCUT2D eigenvalue weighted by Gasteiger charge is -2.63. The number of aliphatic hydroxyl groups is 1. The number of carbonyl (C=O) groups is 3. The summed E-state index contributed by atoms with van der Waals surface area (Å²) >= 11 is 0. The maximum absolute atomic E-state index is 12.3. The first-order valence-electron chi connectivity index (χ1n) is 11.9. The van der Waals surface area contributed by atoms with Crippen LogP contribution >= 0.6 is 0 Å². The van der Waals surface area contributed by atoms with Crippen molar-refractivity contribution < 1.29 is 29.0 Å². The Labute approximate surface area is 191 Å². The van der Waals surface area contributed by atoms with Gasteiger partial charge in [-0.15, -0.1) is 0 Å². The predicted octanol–water partition coefficient (Wildman–Crippen LogP) is 2.66. The summed E-state index contributed by atoms with van der Waals surface area (Å²) in [6.07, 6.45) is 5.18. The smallest absolute Gasteiger partial charge is 0.330 e. The number of nitrogens with one attached hydrogen (secondary N) is 1. The van der Waals surface area contributed by atoms with Gasteiger partial charge in [-0.2, -0.15) is 0 Å². The molecule has 3 fully saturated rings. The number of allylic oxidation sites excluding steroid dienone is 1. The van der Waals surface area contributed by atoms with Crippen LogP contribution in [0.25, 0.3) is 0 Å². The van der Waals surface area contributed by atoms with E-state index in [9.17, 15) is 19.5 Å². The number of likely N-dealkylation sites (N-methyl/N-ethyl adjacent to an activating group) is 1. The molecular weight excluding hydrogens is 410 g/mol. The van der Waals surface area contributed by atoms with Crippen LogP contribution in [0.2, 0.25) is 0 Å². The van der Waals surface area contributed by atoms with E-state index < -0.39 is 17.6 Å². The first-order chi connectivity index (χ1) is 15.1. The molecule has 0 aromatic carbocycles. The maximum Gasteiger partial charge on any atom is 0.330 e. The first kappa shape index (κ1) is 24.9. The Hall–Kier alpha value is -1.73. The highest BCUT2D eigenvalue weighted by atomic mass is 16.5. The van der Waals surface area contributed by atoms with Gasteiger partial charge in [-0.1, -0.05) is 19.4 Å². The number of ether oxygens (including phenoxy) is 2. The number of hydrogen-bond acceptors (Lipinski definition) is 7. The van der Waals surface area contributed by atoms with E-state index in [4.69, 9.17) is 9.47 Å². The molecule has 0 radical (unpaired) electrons. The highest BCUT2D eigenvalue weighted by Crippen LogP contribution is 2.65. The highest BCUT2D eigenvalue weighted by molar-refractivity contribution is 5.83. The quantitative estimate of drug-likeness (QED) is 0.278. The van der Waals surface area contributed by atoms with E-state index in [1.54, 1.807) is 6.08 Å². The minimum atomic E-state index is -0.818. The summed E-state index contributed by atoms with van der Waals surface area (Å²) in [6, 6.07) is 0. The minimum absolute atomic E-state index is 0.0301. The van der Waals surface area contributed by atoms with Crippen LogP contribution in [0, 0.1) is 34.5 Å². The predicted molar refractivity (Wildman–Crippen MR) is 120 cm³/mol. The van der Waals surface area contributed by atoms with Gasteiger partial charge in [0.1, 0.15) is 19.0 Å². The second kappa shape index (κ2) is 9.64. The number of rotatable bonds is 6. The SMILES string of the molecule is CNCCOC(=O)C=C1CCC2C(C(O)CC3C(C)(C=O)C(OC(C)=O)CCC23C)C1C. The van der Waals surface area contributed by atoms with Crippen molar-refractivity contribution >= 4 is 18.2 Å². The third kappa shape index (κ3) is 4.38. The zero-order valence-electron chi connectivity index (χ0n) is 20.1. The van der Waals surface area contributed by atoms with Gasteiger partial charge in [0.05, 0.1) is 11.5 Å². The molecule has 3 rings (SSSR count). The van der Waals surface area contributed by atoms with Gasteiger partial charge in [-0.25, -0.2) is 4.79 Å². The molecule has 7 nitrogen and oxygen atoms in total. The summed E-state index contributed by atoms with van der Waals surface area (Å²) in [4.78, 5) is 36.3. The van der Waals surface area contributed by atoms with E-state index >= 15 is 0 Å². The largest absolute Gasteiger partial charge is 0.462 e. The van der Waals surface area contributed by atoms with Crippen LogP contribution in [0.3, 0.4) is 0 Å². The zero-order chi connectivity index (χ0) is 23.7. The van der Waals surface area contributed by atoms with E-state index in [-0.39, 0.29) is 41.0 Å². The minimum Gasteiger partial charge on any atom is -0.462 e. The molecular formula is C25H39NO6. The van der Waals surface area contributed by atoms with Gasteiger partial charge < -0.3 is 24.7 Å². The third-order valence-corrected chi connectivity index (χ3v) is 8.79. The molecule has 2 N–H and O–H groups in total. The van der Waals surface area contributed by atoms with Crippen LogP contribution in [0.5, 0.6) is 0 Å². The first-order valence-corrected chi connectivity index (χ1v) is 11.9. The third-order valence-electron chi connectivity index (χ3n) is 8.79. The molecule has 0 aromatic rings. The Morgan fingerprint density at radius 1 is 1.28 bits per heavy atom. The molecule has 8 atom stereocenters. The summed E-state index contributed by atoms with van der Waals surface area (Å²) in [6.45, 7) is 8.56. The van der Waals surface area contributed by atoms with Crippen molar-refractivity contribution in [1.29, 1.82) is 0 Å². The van der Waals surface area contributed by atoms with E-state index in [0.29, 0.717) is 26.0 Å². The molecule has 0 bridgehead atoms. The van der Waals surface area contributed by atoms with Crippen molar-refractivity contribution in [3.63, 3.8) is 0 Å². The Bertz CT molecular complexity index is 766. The molecule has 3 saturated carbocycles. The number of fused-ring (bicyclic) bond motifs is 3. The number of carbonyl (C=O) groups excluding carboxylic acids is 3. The lowest BCUT2D eigenvalue weighted by Crippen LogP contribution is -2.62. The summed E-state index contributed by atoms with van der Waals surface area (Å²) in [5.74, 6) is -0.434. The van der Waals surface area contributed by atoms with Crippen LogP contribution in [-0.2, 0) is 23.9 Å². The molecule has 3 aliphatic carbocycles. The van der Waals surface area contributed by atoms with E-state index in [2.05, 4.69) is 19.2 Å². The Kier molecular flexibility index (Phi) is 7.50. The van der Waals surface area contributed by atoms with Crippen molar-refractivity contribution in [2.75, 3.05) is 20.2 Å². The lowest BCUT2D eigenvalue weighted by molar-refractivity contribution is -0.202. The summed E-state index contributed by atoms with van der Waals surface area (Å²) in [7, 11) is 1.81. The maximum atomic E-state index is 12.3. The molecule has 32 heavy (non-hydrogen) atoms. The molecule has 0 aliphatic heterocycles. The molecule has 0 amide bonds. The molecule has 0 aromatic heterocycles. The second-order valence-corrected chi connectivity index (χ2v) is 10.5. The van der Waals surface area contributed by atoms with E-state index in [1.807, 2.05) is 14.0 Å². The Balaban J connectivity index is 1.84. The van der Waals surface area contributed by atoms with Gasteiger partial charge in [0.25, 0.3) is 0 Å². The van der Waals surface area contributed by atoms with Crippen molar-refractivity contribution in [2.24, 2.45) is 34.5 Å². The normalized spacial score (nSPS) is 42.5. The number of aldehydes is 1. The van der Waals surface area contributed by atoms with Crippen LogP contribution in [0.4, 0.5) is 0 Å². The molecule has 180 valence electrons. The highest BCUT2D eigenvalue weighted by Gasteiger charge is 2.63. The van der Waals surface area contributed by atoms with Gasteiger partial charge in [-0.3, -0.25) is 4.79 Å². The van der Waals surface area contributed by atoms with Crippen LogP contribution < -0.4 is 5.32 Å². The lowest BCUT2D eigenvalue weighted by atomic mass is 9.42. The standard InChI is InChI=1S/C25H39NO6/c1-15-17(12-22(30)31-11-10-26-5)6-7-18-23(15)19(29)13-20-24(18,3)9-8-21(32-16(2)28)25(20,4)14-27/h12,14-15,18-21,23,26,29H,6-11,13H2,1-5H3. The van der Waals surface area contributed by atoms with Gasteiger partial charge in [0.2, 0.25) is 0 Å². The second-order valence-electron chi connectivity index (χ2n) is 10.5. The van der Waals surface area contributed by atoms with Crippen LogP contribution in [0.15, 0.2) is 11.6 Å². The topological polar surface area (TPSA) is 102 Å². The van der Waals surface area contributed by atoms with Crippen molar-refractivity contribution in [3.05, 3.63) is 11.6 Å². The molecule has 8 unspecified atom stereocenters. The molecule has 3 aliphatic rings. The van der Waals surface area contributed by atoms with Crippen molar-refractivity contribution in [3.8, 4) is 0 Å². The monoisotopic (exact) mass is 449 g/mol.